The van der Waals surface area contributed by atoms with Crippen LogP contribution in [0.1, 0.15) is 47.0 Å². The lowest BCUT2D eigenvalue weighted by atomic mass is 9.88. The quantitative estimate of drug-likeness (QED) is 0.702. The van der Waals surface area contributed by atoms with Gasteiger partial charge in [-0.3, -0.25) is 4.90 Å². The number of likely N-dealkylation sites (N-methyl/N-ethyl adjacent to an activating group) is 1. The predicted octanol–water partition coefficient (Wildman–Crippen LogP) is 2.48. The Hall–Kier alpha value is -0.0800. The Labute approximate surface area is 95.2 Å². The molecule has 1 aliphatic rings. The fraction of sp³-hybridized carbons (Fsp3) is 1.00. The molecule has 0 saturated heterocycles. The van der Waals surface area contributed by atoms with E-state index in [4.69, 9.17) is 5.73 Å². The Kier molecular flexibility index (Phi) is 4.60. The van der Waals surface area contributed by atoms with Crippen LogP contribution in [0.2, 0.25) is 0 Å². The molecule has 0 aromatic carbocycles. The third-order valence-corrected chi connectivity index (χ3v) is 3.61. The molecule has 1 unspecified atom stereocenters. The van der Waals surface area contributed by atoms with E-state index < -0.39 is 0 Å². The number of rotatable bonds is 7. The third kappa shape index (κ3) is 3.76. The van der Waals surface area contributed by atoms with E-state index >= 15 is 0 Å². The van der Waals surface area contributed by atoms with Crippen LogP contribution < -0.4 is 5.73 Å². The van der Waals surface area contributed by atoms with Crippen LogP contribution in [0, 0.1) is 11.8 Å². The van der Waals surface area contributed by atoms with Crippen LogP contribution in [-0.4, -0.2) is 30.1 Å². The van der Waals surface area contributed by atoms with Gasteiger partial charge in [-0.1, -0.05) is 20.8 Å². The average molecular weight is 212 g/mol. The summed E-state index contributed by atoms with van der Waals surface area (Å²) in [5.41, 5.74) is 6.20. The van der Waals surface area contributed by atoms with Gasteiger partial charge in [-0.05, 0) is 44.6 Å². The van der Waals surface area contributed by atoms with Crippen molar-refractivity contribution in [2.45, 2.75) is 52.5 Å². The SMILES string of the molecule is CCN(CC1CC1)C(C)(CN)CC(C)C. The fourth-order valence-electron chi connectivity index (χ4n) is 2.56. The smallest absolute Gasteiger partial charge is 0.0306 e. The molecule has 0 aliphatic heterocycles. The highest BCUT2D eigenvalue weighted by Crippen LogP contribution is 2.33. The monoisotopic (exact) mass is 212 g/mol. The molecule has 1 atom stereocenters. The van der Waals surface area contributed by atoms with E-state index in [0.29, 0.717) is 0 Å². The summed E-state index contributed by atoms with van der Waals surface area (Å²) in [6.07, 6.45) is 4.07. The molecule has 90 valence electrons. The van der Waals surface area contributed by atoms with Crippen molar-refractivity contribution in [1.29, 1.82) is 0 Å². The minimum atomic E-state index is 0.214. The lowest BCUT2D eigenvalue weighted by Crippen LogP contribution is -2.53. The highest BCUT2D eigenvalue weighted by molar-refractivity contribution is 4.90. The van der Waals surface area contributed by atoms with Gasteiger partial charge in [0.1, 0.15) is 0 Å². The summed E-state index contributed by atoms with van der Waals surface area (Å²) >= 11 is 0. The summed E-state index contributed by atoms with van der Waals surface area (Å²) in [5, 5.41) is 0. The average Bonchev–Trinajstić information content (AvgIpc) is 2.96. The second-order valence-electron chi connectivity index (χ2n) is 5.78. The molecule has 1 fully saturated rings. The molecule has 0 heterocycles. The Morgan fingerprint density at radius 1 is 1.40 bits per heavy atom. The second-order valence-corrected chi connectivity index (χ2v) is 5.78. The maximum absolute atomic E-state index is 5.99. The van der Waals surface area contributed by atoms with Crippen LogP contribution in [0.4, 0.5) is 0 Å². The molecule has 0 aromatic heterocycles. The van der Waals surface area contributed by atoms with Crippen molar-refractivity contribution >= 4 is 0 Å². The van der Waals surface area contributed by atoms with Gasteiger partial charge in [-0.15, -0.1) is 0 Å². The topological polar surface area (TPSA) is 29.3 Å². The van der Waals surface area contributed by atoms with Crippen LogP contribution in [0.25, 0.3) is 0 Å². The van der Waals surface area contributed by atoms with Gasteiger partial charge in [0.25, 0.3) is 0 Å². The van der Waals surface area contributed by atoms with Gasteiger partial charge in [0.15, 0.2) is 0 Å². The minimum absolute atomic E-state index is 0.214. The van der Waals surface area contributed by atoms with Crippen LogP contribution in [0.5, 0.6) is 0 Å². The molecular formula is C13H28N2. The molecule has 0 aromatic rings. The Balaban J connectivity index is 2.57. The molecule has 0 radical (unpaired) electrons. The molecule has 1 aliphatic carbocycles. The molecular weight excluding hydrogens is 184 g/mol. The first kappa shape index (κ1) is 13.0. The molecule has 2 heteroatoms. The summed E-state index contributed by atoms with van der Waals surface area (Å²) < 4.78 is 0. The summed E-state index contributed by atoms with van der Waals surface area (Å²) in [6.45, 7) is 12.4. The van der Waals surface area contributed by atoms with Crippen LogP contribution in [-0.2, 0) is 0 Å². The molecule has 0 amide bonds. The Morgan fingerprint density at radius 3 is 2.33 bits per heavy atom. The second kappa shape index (κ2) is 5.31. The molecule has 1 saturated carbocycles. The maximum atomic E-state index is 5.99. The van der Waals surface area contributed by atoms with Gasteiger partial charge in [0.2, 0.25) is 0 Å². The summed E-state index contributed by atoms with van der Waals surface area (Å²) in [5.74, 6) is 1.69. The summed E-state index contributed by atoms with van der Waals surface area (Å²) in [6, 6.07) is 0. The predicted molar refractivity (Wildman–Crippen MR) is 66.9 cm³/mol. The molecule has 15 heavy (non-hydrogen) atoms. The third-order valence-electron chi connectivity index (χ3n) is 3.61. The number of nitrogens with two attached hydrogens (primary N) is 1. The number of hydrogen-bond acceptors (Lipinski definition) is 2. The highest BCUT2D eigenvalue weighted by atomic mass is 15.2. The first-order valence-electron chi connectivity index (χ1n) is 6.47. The first-order valence-corrected chi connectivity index (χ1v) is 6.47. The van der Waals surface area contributed by atoms with Crippen molar-refractivity contribution in [2.75, 3.05) is 19.6 Å². The molecule has 1 rings (SSSR count). The van der Waals surface area contributed by atoms with E-state index in [1.165, 1.54) is 25.8 Å². The standard InChI is InChI=1S/C13H28N2/c1-5-15(9-12-6-7-12)13(4,10-14)8-11(2)3/h11-12H,5-10,14H2,1-4H3. The van der Waals surface area contributed by atoms with Gasteiger partial charge < -0.3 is 5.73 Å². The normalized spacial score (nSPS) is 21.0. The van der Waals surface area contributed by atoms with Gasteiger partial charge >= 0.3 is 0 Å². The zero-order valence-electron chi connectivity index (χ0n) is 10.9. The highest BCUT2D eigenvalue weighted by Gasteiger charge is 2.34. The van der Waals surface area contributed by atoms with E-state index in [9.17, 15) is 0 Å². The van der Waals surface area contributed by atoms with Crippen LogP contribution in [0.15, 0.2) is 0 Å². The lowest BCUT2D eigenvalue weighted by Gasteiger charge is -2.41. The molecule has 0 bridgehead atoms. The zero-order chi connectivity index (χ0) is 11.5. The Morgan fingerprint density at radius 2 is 2.00 bits per heavy atom. The van der Waals surface area contributed by atoms with E-state index in [1.807, 2.05) is 0 Å². The maximum Gasteiger partial charge on any atom is 0.0306 e. The van der Waals surface area contributed by atoms with Crippen molar-refractivity contribution in [3.05, 3.63) is 0 Å². The van der Waals surface area contributed by atoms with Crippen molar-refractivity contribution in [3.63, 3.8) is 0 Å². The van der Waals surface area contributed by atoms with Gasteiger partial charge in [-0.2, -0.15) is 0 Å². The van der Waals surface area contributed by atoms with E-state index in [-0.39, 0.29) is 5.54 Å². The van der Waals surface area contributed by atoms with Gasteiger partial charge in [-0.25, -0.2) is 0 Å². The van der Waals surface area contributed by atoms with Gasteiger partial charge in [0.05, 0.1) is 0 Å². The molecule has 0 spiro atoms. The summed E-state index contributed by atoms with van der Waals surface area (Å²) in [4.78, 5) is 2.60. The summed E-state index contributed by atoms with van der Waals surface area (Å²) in [7, 11) is 0. The fourth-order valence-corrected chi connectivity index (χ4v) is 2.56. The number of nitrogens with zero attached hydrogens (tertiary/aromatic N) is 1. The van der Waals surface area contributed by atoms with E-state index in [2.05, 4.69) is 32.6 Å². The van der Waals surface area contributed by atoms with Crippen LogP contribution in [0.3, 0.4) is 0 Å². The van der Waals surface area contributed by atoms with Crippen molar-refractivity contribution in [3.8, 4) is 0 Å². The van der Waals surface area contributed by atoms with Crippen LogP contribution >= 0.6 is 0 Å². The first-order chi connectivity index (χ1) is 7.01. The van der Waals surface area contributed by atoms with Crippen molar-refractivity contribution in [1.82, 2.24) is 4.90 Å². The zero-order valence-corrected chi connectivity index (χ0v) is 10.9. The van der Waals surface area contributed by atoms with E-state index in [0.717, 1.165) is 24.9 Å². The van der Waals surface area contributed by atoms with E-state index in [1.54, 1.807) is 0 Å². The van der Waals surface area contributed by atoms with Crippen molar-refractivity contribution < 1.29 is 0 Å². The number of hydrogen-bond donors (Lipinski definition) is 1. The minimum Gasteiger partial charge on any atom is -0.329 e. The van der Waals surface area contributed by atoms with Crippen molar-refractivity contribution in [2.24, 2.45) is 17.6 Å². The largest absolute Gasteiger partial charge is 0.329 e. The van der Waals surface area contributed by atoms with Gasteiger partial charge in [0, 0.05) is 18.6 Å². The molecule has 2 nitrogen and oxygen atoms in total. The lowest BCUT2D eigenvalue weighted by molar-refractivity contribution is 0.0895. The Bertz CT molecular complexity index is 187. The molecule has 2 N–H and O–H groups in total.